The van der Waals surface area contributed by atoms with E-state index in [-0.39, 0.29) is 18.5 Å². The van der Waals surface area contributed by atoms with Gasteiger partial charge in [-0.05, 0) is 23.8 Å². The molecule has 0 saturated carbocycles. The number of methoxy groups -OCH3 is 2. The lowest BCUT2D eigenvalue weighted by molar-refractivity contribution is -0.125. The fourth-order valence-electron chi connectivity index (χ4n) is 3.80. The maximum atomic E-state index is 11.8. The monoisotopic (exact) mass is 488 g/mol. The summed E-state index contributed by atoms with van der Waals surface area (Å²) in [5.41, 5.74) is 2.02. The number of ether oxygens (including phenoxy) is 2. The van der Waals surface area contributed by atoms with Crippen molar-refractivity contribution in [3.05, 3.63) is 53.2 Å². The van der Waals surface area contributed by atoms with Crippen LogP contribution in [0.25, 0.3) is 22.0 Å². The van der Waals surface area contributed by atoms with Crippen molar-refractivity contribution in [2.75, 3.05) is 32.6 Å². The molecule has 1 fully saturated rings. The number of benzene rings is 2. The van der Waals surface area contributed by atoms with E-state index in [9.17, 15) is 9.90 Å². The Labute approximate surface area is 200 Å². The highest BCUT2D eigenvalue weighted by molar-refractivity contribution is 6.41. The molecule has 1 aromatic heterocycles. The molecule has 1 aliphatic heterocycles. The Kier molecular flexibility index (Phi) is 6.60. The number of aliphatic hydroxyl groups excluding tert-OH is 1. The van der Waals surface area contributed by atoms with Crippen LogP contribution in [-0.2, 0) is 4.79 Å². The minimum Gasteiger partial charge on any atom is -0.495 e. The zero-order chi connectivity index (χ0) is 23.7. The van der Waals surface area contributed by atoms with Gasteiger partial charge in [0.1, 0.15) is 11.5 Å². The van der Waals surface area contributed by atoms with Crippen molar-refractivity contribution >= 4 is 46.0 Å². The Hall–Kier alpha value is -3.07. The number of halogens is 2. The van der Waals surface area contributed by atoms with Gasteiger partial charge in [-0.2, -0.15) is 0 Å². The zero-order valence-corrected chi connectivity index (χ0v) is 19.5. The molecule has 0 aliphatic carbocycles. The SMILES string of the molecule is C=CC(=O)N1C[C@@H](O)[C@@H](Nc2ncc3cc(-c4c(Cl)c(OC)cc(OC)c4Cl)ccc3n2)C1. The highest BCUT2D eigenvalue weighted by Gasteiger charge is 2.33. The van der Waals surface area contributed by atoms with Gasteiger partial charge in [-0.25, -0.2) is 9.97 Å². The van der Waals surface area contributed by atoms with Crippen molar-refractivity contribution in [2.24, 2.45) is 0 Å². The summed E-state index contributed by atoms with van der Waals surface area (Å²) in [6, 6.07) is 6.80. The number of likely N-dealkylation sites (tertiary alicyclic amines) is 1. The number of carbonyl (C=O) groups excluding carboxylic acids is 1. The number of β-amino-alcohol motifs (C(OH)–C–C–N with tert-alkyl or cyclic N) is 1. The molecular weight excluding hydrogens is 467 g/mol. The third-order valence-corrected chi connectivity index (χ3v) is 6.28. The van der Waals surface area contributed by atoms with Gasteiger partial charge in [0.2, 0.25) is 11.9 Å². The summed E-state index contributed by atoms with van der Waals surface area (Å²) in [5.74, 6) is 1.02. The van der Waals surface area contributed by atoms with Gasteiger partial charge in [-0.3, -0.25) is 4.79 Å². The van der Waals surface area contributed by atoms with E-state index in [4.69, 9.17) is 32.7 Å². The van der Waals surface area contributed by atoms with Crippen LogP contribution in [0.2, 0.25) is 10.0 Å². The summed E-state index contributed by atoms with van der Waals surface area (Å²) in [6.45, 7) is 4.05. The number of nitrogens with zero attached hydrogens (tertiary/aromatic N) is 3. The largest absolute Gasteiger partial charge is 0.495 e. The smallest absolute Gasteiger partial charge is 0.246 e. The summed E-state index contributed by atoms with van der Waals surface area (Å²) in [4.78, 5) is 22.2. The fraction of sp³-hybridized carbons (Fsp3) is 0.261. The van der Waals surface area contributed by atoms with E-state index in [0.717, 1.165) is 10.9 Å². The molecule has 2 atom stereocenters. The van der Waals surface area contributed by atoms with Crippen LogP contribution in [0.1, 0.15) is 0 Å². The molecular formula is C23H22Cl2N4O4. The molecule has 1 aliphatic rings. The van der Waals surface area contributed by atoms with E-state index in [1.807, 2.05) is 18.2 Å². The minimum atomic E-state index is -0.733. The number of aromatic nitrogens is 2. The van der Waals surface area contributed by atoms with Gasteiger partial charge in [0.15, 0.2) is 0 Å². The van der Waals surface area contributed by atoms with Crippen molar-refractivity contribution in [2.45, 2.75) is 12.1 Å². The number of aliphatic hydroxyl groups is 1. The number of carbonyl (C=O) groups is 1. The second kappa shape index (κ2) is 9.43. The number of amides is 1. The molecule has 172 valence electrons. The molecule has 0 bridgehead atoms. The van der Waals surface area contributed by atoms with Crippen LogP contribution >= 0.6 is 23.2 Å². The lowest BCUT2D eigenvalue weighted by atomic mass is 10.0. The van der Waals surface area contributed by atoms with Crippen molar-refractivity contribution < 1.29 is 19.4 Å². The van der Waals surface area contributed by atoms with Crippen molar-refractivity contribution in [1.29, 1.82) is 0 Å². The Morgan fingerprint density at radius 1 is 1.21 bits per heavy atom. The van der Waals surface area contributed by atoms with Gasteiger partial charge in [-0.15, -0.1) is 0 Å². The Morgan fingerprint density at radius 3 is 2.55 bits per heavy atom. The second-order valence-electron chi connectivity index (χ2n) is 7.52. The van der Waals surface area contributed by atoms with Gasteiger partial charge < -0.3 is 24.8 Å². The third-order valence-electron chi connectivity index (χ3n) is 5.53. The normalized spacial score (nSPS) is 17.8. The number of anilines is 1. The average molecular weight is 489 g/mol. The second-order valence-corrected chi connectivity index (χ2v) is 8.27. The molecule has 10 heteroatoms. The van der Waals surface area contributed by atoms with E-state index >= 15 is 0 Å². The van der Waals surface area contributed by atoms with E-state index in [2.05, 4.69) is 21.9 Å². The molecule has 8 nitrogen and oxygen atoms in total. The molecule has 2 aromatic carbocycles. The maximum absolute atomic E-state index is 11.8. The summed E-state index contributed by atoms with van der Waals surface area (Å²) in [6.07, 6.45) is 2.17. The predicted octanol–water partition coefficient (Wildman–Crippen LogP) is 3.79. The predicted molar refractivity (Wildman–Crippen MR) is 128 cm³/mol. The van der Waals surface area contributed by atoms with Gasteiger partial charge in [0, 0.05) is 36.3 Å². The summed E-state index contributed by atoms with van der Waals surface area (Å²) in [5, 5.41) is 14.9. The standard InChI is InChI=1S/C23H22Cl2N4O4/c1-4-19(31)29-10-15(16(30)11-29)28-23-26-9-13-7-12(5-6-14(13)27-23)20-21(24)17(32-2)8-18(33-3)22(20)25/h4-9,15-16,30H,1,10-11H2,2-3H3,(H,26,27,28)/t15-,16+/m0/s1. The molecule has 1 amide bonds. The Bertz CT molecular complexity index is 1210. The van der Waals surface area contributed by atoms with Crippen LogP contribution in [0.5, 0.6) is 11.5 Å². The Morgan fingerprint density at radius 2 is 1.91 bits per heavy atom. The fourth-order valence-corrected chi connectivity index (χ4v) is 4.52. The summed E-state index contributed by atoms with van der Waals surface area (Å²) >= 11 is 13.1. The molecule has 4 rings (SSSR count). The molecule has 33 heavy (non-hydrogen) atoms. The highest BCUT2D eigenvalue weighted by atomic mass is 35.5. The molecule has 2 heterocycles. The van der Waals surface area contributed by atoms with E-state index in [1.165, 1.54) is 25.2 Å². The molecule has 0 radical (unpaired) electrons. The molecule has 1 saturated heterocycles. The van der Waals surface area contributed by atoms with E-state index in [0.29, 0.717) is 45.1 Å². The van der Waals surface area contributed by atoms with E-state index < -0.39 is 6.10 Å². The number of nitrogens with one attached hydrogen (secondary N) is 1. The van der Waals surface area contributed by atoms with Gasteiger partial charge in [0.25, 0.3) is 0 Å². The van der Waals surface area contributed by atoms with Gasteiger partial charge >= 0.3 is 0 Å². The lowest BCUT2D eigenvalue weighted by Crippen LogP contribution is -2.33. The van der Waals surface area contributed by atoms with Crippen LogP contribution < -0.4 is 14.8 Å². The third kappa shape index (κ3) is 4.42. The maximum Gasteiger partial charge on any atom is 0.246 e. The molecule has 3 aromatic rings. The van der Waals surface area contributed by atoms with Crippen LogP contribution in [0.3, 0.4) is 0 Å². The number of fused-ring (bicyclic) bond motifs is 1. The Balaban J connectivity index is 1.63. The van der Waals surface area contributed by atoms with E-state index in [1.54, 1.807) is 12.3 Å². The number of hydrogen-bond donors (Lipinski definition) is 2. The van der Waals surface area contributed by atoms with Crippen molar-refractivity contribution in [3.63, 3.8) is 0 Å². The van der Waals surface area contributed by atoms with Gasteiger partial charge in [-0.1, -0.05) is 35.8 Å². The molecule has 2 N–H and O–H groups in total. The van der Waals surface area contributed by atoms with Gasteiger partial charge in [0.05, 0.1) is 41.9 Å². The zero-order valence-electron chi connectivity index (χ0n) is 18.0. The minimum absolute atomic E-state index is 0.225. The quantitative estimate of drug-likeness (QED) is 0.509. The topological polar surface area (TPSA) is 96.8 Å². The van der Waals surface area contributed by atoms with Crippen LogP contribution in [0.4, 0.5) is 5.95 Å². The van der Waals surface area contributed by atoms with Crippen LogP contribution in [-0.4, -0.2) is 65.3 Å². The first-order chi connectivity index (χ1) is 15.9. The summed E-state index contributed by atoms with van der Waals surface area (Å²) in [7, 11) is 3.05. The number of hydrogen-bond acceptors (Lipinski definition) is 7. The number of rotatable bonds is 6. The lowest BCUT2D eigenvalue weighted by Gasteiger charge is -2.16. The molecule has 0 unspecified atom stereocenters. The van der Waals surface area contributed by atoms with Crippen LogP contribution in [0, 0.1) is 0 Å². The molecule has 0 spiro atoms. The first-order valence-electron chi connectivity index (χ1n) is 10.1. The summed E-state index contributed by atoms with van der Waals surface area (Å²) < 4.78 is 10.7. The van der Waals surface area contributed by atoms with Crippen molar-refractivity contribution in [3.8, 4) is 22.6 Å². The average Bonchev–Trinajstić information content (AvgIpc) is 3.18. The van der Waals surface area contributed by atoms with Crippen LogP contribution in [0.15, 0.2) is 43.1 Å². The first-order valence-corrected chi connectivity index (χ1v) is 10.8. The highest BCUT2D eigenvalue weighted by Crippen LogP contribution is 2.46. The first kappa shape index (κ1) is 23.1. The van der Waals surface area contributed by atoms with Crippen molar-refractivity contribution in [1.82, 2.24) is 14.9 Å².